The smallest absolute Gasteiger partial charge is 0.211 e. The third kappa shape index (κ3) is 1.21. The number of Topliss-reactive ketones (excluding diaryl/α,β-unsaturated/α-hetero) is 1. The molecule has 1 aliphatic rings. The van der Waals surface area contributed by atoms with E-state index in [1.54, 1.807) is 0 Å². The standard InChI is InChI=1S/C11H11NO2/c1-2-7-3-4-9-8(5-7)6-10(12-14)11(9)13/h3-5,14H,2,6H2,1H3/b12-10+. The number of fused-ring (bicyclic) bond motifs is 1. The Kier molecular flexibility index (Phi) is 2.08. The summed E-state index contributed by atoms with van der Waals surface area (Å²) in [6.45, 7) is 2.07. The van der Waals surface area contributed by atoms with Crippen LogP contribution in [0.4, 0.5) is 0 Å². The quantitative estimate of drug-likeness (QED) is 0.541. The van der Waals surface area contributed by atoms with E-state index < -0.39 is 0 Å². The van der Waals surface area contributed by atoms with Crippen LogP contribution in [0, 0.1) is 0 Å². The van der Waals surface area contributed by atoms with E-state index >= 15 is 0 Å². The maximum absolute atomic E-state index is 11.5. The number of oxime groups is 1. The lowest BCUT2D eigenvalue weighted by Gasteiger charge is -1.99. The highest BCUT2D eigenvalue weighted by Gasteiger charge is 2.26. The van der Waals surface area contributed by atoms with E-state index in [0.29, 0.717) is 12.0 Å². The highest BCUT2D eigenvalue weighted by Crippen LogP contribution is 2.21. The van der Waals surface area contributed by atoms with Gasteiger partial charge in [0.25, 0.3) is 0 Å². The van der Waals surface area contributed by atoms with Gasteiger partial charge in [-0.15, -0.1) is 0 Å². The fourth-order valence-corrected chi connectivity index (χ4v) is 1.73. The minimum Gasteiger partial charge on any atom is -0.411 e. The first-order valence-corrected chi connectivity index (χ1v) is 4.63. The summed E-state index contributed by atoms with van der Waals surface area (Å²) in [5.74, 6) is -0.148. The molecule has 3 heteroatoms. The molecule has 3 nitrogen and oxygen atoms in total. The summed E-state index contributed by atoms with van der Waals surface area (Å²) < 4.78 is 0. The molecular formula is C11H11NO2. The molecule has 0 radical (unpaired) electrons. The second-order valence-corrected chi connectivity index (χ2v) is 3.40. The molecule has 0 unspecified atom stereocenters. The molecule has 0 spiro atoms. The van der Waals surface area contributed by atoms with Crippen molar-refractivity contribution in [2.24, 2.45) is 5.16 Å². The molecule has 1 aromatic rings. The van der Waals surface area contributed by atoms with Crippen LogP contribution in [0.15, 0.2) is 23.4 Å². The number of hydrogen-bond acceptors (Lipinski definition) is 3. The van der Waals surface area contributed by atoms with E-state index in [9.17, 15) is 4.79 Å². The van der Waals surface area contributed by atoms with Gasteiger partial charge >= 0.3 is 0 Å². The van der Waals surface area contributed by atoms with Crippen molar-refractivity contribution in [3.63, 3.8) is 0 Å². The number of nitrogens with zero attached hydrogens (tertiary/aromatic N) is 1. The van der Waals surface area contributed by atoms with Gasteiger partial charge in [0.2, 0.25) is 5.78 Å². The first kappa shape index (κ1) is 8.94. The van der Waals surface area contributed by atoms with E-state index in [-0.39, 0.29) is 11.5 Å². The highest BCUT2D eigenvalue weighted by atomic mass is 16.4. The van der Waals surface area contributed by atoms with Gasteiger partial charge in [0.15, 0.2) is 0 Å². The van der Waals surface area contributed by atoms with Crippen molar-refractivity contribution in [2.45, 2.75) is 19.8 Å². The first-order chi connectivity index (χ1) is 6.76. The Morgan fingerprint density at radius 2 is 2.29 bits per heavy atom. The lowest BCUT2D eigenvalue weighted by atomic mass is 10.0. The van der Waals surface area contributed by atoms with Crippen molar-refractivity contribution in [2.75, 3.05) is 0 Å². The Bertz CT molecular complexity index is 421. The van der Waals surface area contributed by atoms with Crippen LogP contribution in [0.3, 0.4) is 0 Å². The second-order valence-electron chi connectivity index (χ2n) is 3.40. The van der Waals surface area contributed by atoms with Crippen molar-refractivity contribution in [1.29, 1.82) is 0 Å². The average molecular weight is 189 g/mol. The number of hydrogen-bond donors (Lipinski definition) is 1. The number of benzene rings is 1. The predicted molar refractivity (Wildman–Crippen MR) is 53.1 cm³/mol. The Labute approximate surface area is 82.1 Å². The topological polar surface area (TPSA) is 49.7 Å². The van der Waals surface area contributed by atoms with Crippen LogP contribution >= 0.6 is 0 Å². The zero-order valence-corrected chi connectivity index (χ0v) is 7.95. The maximum Gasteiger partial charge on any atom is 0.211 e. The van der Waals surface area contributed by atoms with Gasteiger partial charge in [-0.05, 0) is 17.5 Å². The number of carbonyl (C=O) groups excluding carboxylic acids is 1. The minimum atomic E-state index is -0.148. The molecule has 14 heavy (non-hydrogen) atoms. The normalized spacial score (nSPS) is 17.5. The monoisotopic (exact) mass is 189 g/mol. The molecule has 72 valence electrons. The van der Waals surface area contributed by atoms with Crippen molar-refractivity contribution < 1.29 is 10.0 Å². The third-order valence-electron chi connectivity index (χ3n) is 2.56. The van der Waals surface area contributed by atoms with Crippen molar-refractivity contribution >= 4 is 11.5 Å². The molecule has 1 N–H and O–H groups in total. The number of rotatable bonds is 1. The molecule has 0 aromatic heterocycles. The van der Waals surface area contributed by atoms with Crippen LogP contribution in [0.1, 0.15) is 28.4 Å². The summed E-state index contributed by atoms with van der Waals surface area (Å²) in [6.07, 6.45) is 1.41. The van der Waals surface area contributed by atoms with Gasteiger partial charge in [0.1, 0.15) is 5.71 Å². The first-order valence-electron chi connectivity index (χ1n) is 4.63. The van der Waals surface area contributed by atoms with Gasteiger partial charge in [-0.1, -0.05) is 30.3 Å². The van der Waals surface area contributed by atoms with Gasteiger partial charge in [-0.2, -0.15) is 0 Å². The fourth-order valence-electron chi connectivity index (χ4n) is 1.73. The van der Waals surface area contributed by atoms with Crippen LogP contribution in [-0.2, 0) is 12.8 Å². The second kappa shape index (κ2) is 3.25. The van der Waals surface area contributed by atoms with Gasteiger partial charge in [-0.3, -0.25) is 4.79 Å². The summed E-state index contributed by atoms with van der Waals surface area (Å²) in [6, 6.07) is 5.76. The van der Waals surface area contributed by atoms with Crippen molar-refractivity contribution in [3.8, 4) is 0 Å². The third-order valence-corrected chi connectivity index (χ3v) is 2.56. The molecule has 0 fully saturated rings. The summed E-state index contributed by atoms with van der Waals surface area (Å²) >= 11 is 0. The van der Waals surface area contributed by atoms with E-state index in [2.05, 4.69) is 12.1 Å². The molecule has 0 saturated carbocycles. The van der Waals surface area contributed by atoms with Crippen LogP contribution < -0.4 is 0 Å². The summed E-state index contributed by atoms with van der Waals surface area (Å²) in [4.78, 5) is 11.5. The van der Waals surface area contributed by atoms with E-state index in [1.807, 2.05) is 18.2 Å². The maximum atomic E-state index is 11.5. The number of ketones is 1. The molecule has 2 rings (SSSR count). The number of aryl methyl sites for hydroxylation is 1. The minimum absolute atomic E-state index is 0.148. The summed E-state index contributed by atoms with van der Waals surface area (Å²) in [7, 11) is 0. The molecule has 0 aliphatic heterocycles. The summed E-state index contributed by atoms with van der Waals surface area (Å²) in [5.41, 5.74) is 3.10. The molecule has 0 heterocycles. The van der Waals surface area contributed by atoms with E-state index in [4.69, 9.17) is 5.21 Å². The van der Waals surface area contributed by atoms with Gasteiger partial charge in [0, 0.05) is 12.0 Å². The Balaban J connectivity index is 2.49. The van der Waals surface area contributed by atoms with Crippen LogP contribution in [0.5, 0.6) is 0 Å². The summed E-state index contributed by atoms with van der Waals surface area (Å²) in [5, 5.41) is 11.6. The molecule has 0 amide bonds. The van der Waals surface area contributed by atoms with Crippen LogP contribution in [0.25, 0.3) is 0 Å². The zero-order chi connectivity index (χ0) is 10.1. The molecule has 1 aromatic carbocycles. The fraction of sp³-hybridized carbons (Fsp3) is 0.273. The number of carbonyl (C=O) groups is 1. The Hall–Kier alpha value is -1.64. The zero-order valence-electron chi connectivity index (χ0n) is 7.95. The van der Waals surface area contributed by atoms with E-state index in [1.165, 1.54) is 5.56 Å². The molecular weight excluding hydrogens is 178 g/mol. The van der Waals surface area contributed by atoms with Crippen LogP contribution in [0.2, 0.25) is 0 Å². The lowest BCUT2D eigenvalue weighted by Crippen LogP contribution is -2.06. The highest BCUT2D eigenvalue weighted by molar-refractivity contribution is 6.49. The Morgan fingerprint density at radius 3 is 2.93 bits per heavy atom. The SMILES string of the molecule is CCc1ccc2c(c1)C/C(=N\O)C2=O. The molecule has 0 bridgehead atoms. The lowest BCUT2D eigenvalue weighted by molar-refractivity contribution is 0.106. The molecule has 1 aliphatic carbocycles. The molecule has 0 atom stereocenters. The van der Waals surface area contributed by atoms with Crippen molar-refractivity contribution in [1.82, 2.24) is 0 Å². The largest absolute Gasteiger partial charge is 0.411 e. The van der Waals surface area contributed by atoms with E-state index in [0.717, 1.165) is 12.0 Å². The van der Waals surface area contributed by atoms with Gasteiger partial charge in [-0.25, -0.2) is 0 Å². The van der Waals surface area contributed by atoms with Gasteiger partial charge in [0.05, 0.1) is 0 Å². The molecule has 0 saturated heterocycles. The van der Waals surface area contributed by atoms with Crippen LogP contribution in [-0.4, -0.2) is 16.7 Å². The van der Waals surface area contributed by atoms with Gasteiger partial charge < -0.3 is 5.21 Å². The van der Waals surface area contributed by atoms with Crippen molar-refractivity contribution in [3.05, 3.63) is 34.9 Å². The Morgan fingerprint density at radius 1 is 1.50 bits per heavy atom. The predicted octanol–water partition coefficient (Wildman–Crippen LogP) is 1.82. The average Bonchev–Trinajstić information content (AvgIpc) is 2.55.